The molecule has 8 heteroatoms. The van der Waals surface area contributed by atoms with Crippen LogP contribution in [0.1, 0.15) is 12.8 Å². The van der Waals surface area contributed by atoms with E-state index in [2.05, 4.69) is 10.3 Å². The number of carbonyl (C=O) groups excluding carboxylic acids is 1. The fourth-order valence-electron chi connectivity index (χ4n) is 2.45. The van der Waals surface area contributed by atoms with Crippen molar-refractivity contribution in [2.24, 2.45) is 5.73 Å². The second-order valence-electron chi connectivity index (χ2n) is 5.07. The van der Waals surface area contributed by atoms with Gasteiger partial charge in [0.05, 0.1) is 12.4 Å². The molecule has 2 aromatic rings. The summed E-state index contributed by atoms with van der Waals surface area (Å²) in [4.78, 5) is 16.2. The topological polar surface area (TPSA) is 82.2 Å². The fraction of sp³-hybridized carbons (Fsp3) is 0.333. The van der Waals surface area contributed by atoms with Gasteiger partial charge < -0.3 is 20.4 Å². The fourth-order valence-corrected chi connectivity index (χ4v) is 2.45. The Labute approximate surface area is 147 Å². The average molecular weight is 359 g/mol. The molecule has 1 aromatic heterocycles. The molecule has 0 unspecified atom stereocenters. The molecule has 23 heavy (non-hydrogen) atoms. The lowest BCUT2D eigenvalue weighted by atomic mass is 10.2. The molecule has 1 fully saturated rings. The Morgan fingerprint density at radius 3 is 2.87 bits per heavy atom. The standard InChI is InChI=1S/C15H18N4O2.2ClH/c16-9-13-4-5-14(21-13)15(20)18-11-2-1-3-12(8-11)19-7-6-17-10-19;;/h1-3,6-8,10,13-14H,4-5,9,16H2,(H,18,20);2*1H/t13-,14+;;/m1../s1. The van der Waals surface area contributed by atoms with Gasteiger partial charge in [-0.2, -0.15) is 0 Å². The lowest BCUT2D eigenvalue weighted by Gasteiger charge is -2.13. The first kappa shape index (κ1) is 19.4. The summed E-state index contributed by atoms with van der Waals surface area (Å²) in [5.41, 5.74) is 7.24. The smallest absolute Gasteiger partial charge is 0.253 e. The molecule has 1 aliphatic heterocycles. The molecule has 0 saturated carbocycles. The molecule has 3 N–H and O–H groups in total. The zero-order valence-corrected chi connectivity index (χ0v) is 14.1. The minimum Gasteiger partial charge on any atom is -0.364 e. The first-order chi connectivity index (χ1) is 10.3. The van der Waals surface area contributed by atoms with Crippen LogP contribution in [0, 0.1) is 0 Å². The van der Waals surface area contributed by atoms with Crippen LogP contribution in [0.25, 0.3) is 5.69 Å². The van der Waals surface area contributed by atoms with Gasteiger partial charge >= 0.3 is 0 Å². The lowest BCUT2D eigenvalue weighted by Crippen LogP contribution is -2.29. The summed E-state index contributed by atoms with van der Waals surface area (Å²) in [7, 11) is 0. The molecule has 126 valence electrons. The van der Waals surface area contributed by atoms with Gasteiger partial charge in [-0.15, -0.1) is 24.8 Å². The molecule has 1 saturated heterocycles. The predicted octanol–water partition coefficient (Wildman–Crippen LogP) is 2.16. The van der Waals surface area contributed by atoms with Crippen LogP contribution in [0.3, 0.4) is 0 Å². The van der Waals surface area contributed by atoms with E-state index in [1.54, 1.807) is 12.5 Å². The van der Waals surface area contributed by atoms with Gasteiger partial charge in [0.1, 0.15) is 6.10 Å². The second-order valence-corrected chi connectivity index (χ2v) is 5.07. The molecule has 0 bridgehead atoms. The van der Waals surface area contributed by atoms with Crippen LogP contribution in [0.15, 0.2) is 43.0 Å². The van der Waals surface area contributed by atoms with Crippen molar-refractivity contribution in [3.8, 4) is 5.69 Å². The maximum Gasteiger partial charge on any atom is 0.253 e. The van der Waals surface area contributed by atoms with Crippen LogP contribution in [-0.4, -0.2) is 34.2 Å². The van der Waals surface area contributed by atoms with E-state index in [0.717, 1.165) is 24.2 Å². The number of ether oxygens (including phenoxy) is 1. The average Bonchev–Trinajstić information content (AvgIpc) is 3.19. The van der Waals surface area contributed by atoms with Gasteiger partial charge in [0.2, 0.25) is 0 Å². The zero-order valence-electron chi connectivity index (χ0n) is 12.4. The number of hydrogen-bond donors (Lipinski definition) is 2. The van der Waals surface area contributed by atoms with Crippen molar-refractivity contribution in [3.63, 3.8) is 0 Å². The number of halogens is 2. The molecule has 2 atom stereocenters. The first-order valence-corrected chi connectivity index (χ1v) is 7.01. The number of rotatable bonds is 4. The van der Waals surface area contributed by atoms with Crippen molar-refractivity contribution >= 4 is 36.4 Å². The number of imidazole rings is 1. The molecular weight excluding hydrogens is 339 g/mol. The third-order valence-electron chi connectivity index (χ3n) is 3.58. The Hall–Kier alpha value is -1.60. The monoisotopic (exact) mass is 358 g/mol. The van der Waals surface area contributed by atoms with E-state index in [1.165, 1.54) is 0 Å². The summed E-state index contributed by atoms with van der Waals surface area (Å²) in [5.74, 6) is -0.117. The van der Waals surface area contributed by atoms with Crippen LogP contribution in [0.2, 0.25) is 0 Å². The van der Waals surface area contributed by atoms with Crippen molar-refractivity contribution in [3.05, 3.63) is 43.0 Å². The van der Waals surface area contributed by atoms with Gasteiger partial charge in [0, 0.05) is 30.3 Å². The molecular formula is C15H20Cl2N4O2. The van der Waals surface area contributed by atoms with Crippen molar-refractivity contribution < 1.29 is 9.53 Å². The Balaban J connectivity index is 0.00000132. The number of benzene rings is 1. The number of aromatic nitrogens is 2. The summed E-state index contributed by atoms with van der Waals surface area (Å²) in [6.07, 6.45) is 6.43. The van der Waals surface area contributed by atoms with Crippen LogP contribution >= 0.6 is 24.8 Å². The third kappa shape index (κ3) is 4.68. The number of nitrogens with zero attached hydrogens (tertiary/aromatic N) is 2. The molecule has 2 heterocycles. The van der Waals surface area contributed by atoms with Crippen molar-refractivity contribution in [2.75, 3.05) is 11.9 Å². The summed E-state index contributed by atoms with van der Waals surface area (Å²) >= 11 is 0. The van der Waals surface area contributed by atoms with Gasteiger partial charge in [0.15, 0.2) is 0 Å². The van der Waals surface area contributed by atoms with E-state index in [1.807, 2.05) is 35.0 Å². The molecule has 0 aliphatic carbocycles. The van der Waals surface area contributed by atoms with Gasteiger partial charge in [-0.1, -0.05) is 6.07 Å². The van der Waals surface area contributed by atoms with Gasteiger partial charge in [-0.3, -0.25) is 4.79 Å². The van der Waals surface area contributed by atoms with E-state index in [-0.39, 0.29) is 36.8 Å². The van der Waals surface area contributed by atoms with Crippen LogP contribution in [-0.2, 0) is 9.53 Å². The zero-order chi connectivity index (χ0) is 14.7. The van der Waals surface area contributed by atoms with Crippen LogP contribution < -0.4 is 11.1 Å². The number of anilines is 1. The number of nitrogens with two attached hydrogens (primary N) is 1. The van der Waals surface area contributed by atoms with E-state index in [0.29, 0.717) is 6.54 Å². The molecule has 0 radical (unpaired) electrons. The highest BCUT2D eigenvalue weighted by Crippen LogP contribution is 2.21. The van der Waals surface area contributed by atoms with Gasteiger partial charge in [0.25, 0.3) is 5.91 Å². The van der Waals surface area contributed by atoms with E-state index < -0.39 is 6.10 Å². The summed E-state index contributed by atoms with van der Waals surface area (Å²) < 4.78 is 7.48. The Morgan fingerprint density at radius 2 is 2.22 bits per heavy atom. The molecule has 3 rings (SSSR count). The van der Waals surface area contributed by atoms with E-state index >= 15 is 0 Å². The molecule has 0 spiro atoms. The Kier molecular flexibility index (Phi) is 7.51. The number of carbonyl (C=O) groups is 1. The maximum atomic E-state index is 12.2. The summed E-state index contributed by atoms with van der Waals surface area (Å²) in [6, 6.07) is 7.60. The van der Waals surface area contributed by atoms with Crippen molar-refractivity contribution in [2.45, 2.75) is 25.0 Å². The minimum atomic E-state index is -0.407. The second kappa shape index (κ2) is 8.88. The van der Waals surface area contributed by atoms with E-state index in [9.17, 15) is 4.79 Å². The highest BCUT2D eigenvalue weighted by Gasteiger charge is 2.29. The lowest BCUT2D eigenvalue weighted by molar-refractivity contribution is -0.126. The van der Waals surface area contributed by atoms with Crippen molar-refractivity contribution in [1.82, 2.24) is 9.55 Å². The third-order valence-corrected chi connectivity index (χ3v) is 3.58. The quantitative estimate of drug-likeness (QED) is 0.877. The Morgan fingerprint density at radius 1 is 1.39 bits per heavy atom. The Bertz CT molecular complexity index is 622. The summed E-state index contributed by atoms with van der Waals surface area (Å²) in [5, 5.41) is 2.89. The van der Waals surface area contributed by atoms with Gasteiger partial charge in [-0.05, 0) is 31.0 Å². The predicted molar refractivity (Wildman–Crippen MR) is 93.6 cm³/mol. The van der Waals surface area contributed by atoms with Crippen LogP contribution in [0.5, 0.6) is 0 Å². The highest BCUT2D eigenvalue weighted by atomic mass is 35.5. The normalized spacial score (nSPS) is 19.5. The SMILES string of the molecule is Cl.Cl.NC[C@H]1CC[C@@H](C(=O)Nc2cccc(-n3ccnc3)c2)O1. The number of nitrogens with one attached hydrogen (secondary N) is 1. The number of hydrogen-bond acceptors (Lipinski definition) is 4. The summed E-state index contributed by atoms with van der Waals surface area (Å²) in [6.45, 7) is 0.458. The first-order valence-electron chi connectivity index (χ1n) is 7.01. The van der Waals surface area contributed by atoms with Gasteiger partial charge in [-0.25, -0.2) is 4.98 Å². The highest BCUT2D eigenvalue weighted by molar-refractivity contribution is 5.94. The maximum absolute atomic E-state index is 12.2. The number of amides is 1. The molecule has 1 amide bonds. The largest absolute Gasteiger partial charge is 0.364 e. The molecule has 1 aromatic carbocycles. The minimum absolute atomic E-state index is 0. The van der Waals surface area contributed by atoms with Crippen molar-refractivity contribution in [1.29, 1.82) is 0 Å². The van der Waals surface area contributed by atoms with E-state index in [4.69, 9.17) is 10.5 Å². The molecule has 6 nitrogen and oxygen atoms in total. The van der Waals surface area contributed by atoms with Crippen LogP contribution in [0.4, 0.5) is 5.69 Å². The molecule has 1 aliphatic rings.